The first-order valence-electron chi connectivity index (χ1n) is 11.2. The molecule has 0 saturated carbocycles. The first-order valence-corrected chi connectivity index (χ1v) is 11.2. The van der Waals surface area contributed by atoms with Crippen molar-refractivity contribution in [1.29, 1.82) is 0 Å². The van der Waals surface area contributed by atoms with Crippen molar-refractivity contribution in [3.8, 4) is 0 Å². The number of rotatable bonds is 7. The van der Waals surface area contributed by atoms with Gasteiger partial charge in [0.2, 0.25) is 0 Å². The van der Waals surface area contributed by atoms with Gasteiger partial charge in [-0.3, -0.25) is 28.3 Å². The number of aromatic nitrogens is 2. The van der Waals surface area contributed by atoms with E-state index in [0.717, 1.165) is 6.42 Å². The second kappa shape index (κ2) is 7.57. The smallest absolute Gasteiger partial charge is 0.262 e. The van der Waals surface area contributed by atoms with E-state index in [0.29, 0.717) is 18.9 Å². The second-order valence-electron chi connectivity index (χ2n) is 10.4. The van der Waals surface area contributed by atoms with E-state index in [4.69, 9.17) is 0 Å². The summed E-state index contributed by atoms with van der Waals surface area (Å²) in [6.07, 6.45) is 1.66. The Balaban J connectivity index is 2.21. The summed E-state index contributed by atoms with van der Waals surface area (Å²) < 4.78 is 2.53. The lowest BCUT2D eigenvalue weighted by molar-refractivity contribution is 0.179. The fourth-order valence-corrected chi connectivity index (χ4v) is 4.25. The van der Waals surface area contributed by atoms with Crippen LogP contribution in [0.15, 0.2) is 31.3 Å². The molecule has 1 unspecified atom stereocenters. The molecule has 3 rings (SSSR count). The summed E-state index contributed by atoms with van der Waals surface area (Å²) in [6, 6.07) is 2.89. The van der Waals surface area contributed by atoms with Crippen LogP contribution in [-0.2, 0) is 12.1 Å². The lowest BCUT2D eigenvalue weighted by Gasteiger charge is -2.32. The van der Waals surface area contributed by atoms with E-state index in [9.17, 15) is 19.2 Å². The van der Waals surface area contributed by atoms with Crippen LogP contribution in [0.1, 0.15) is 68.2 Å². The highest BCUT2D eigenvalue weighted by atomic mass is 16.2. The highest BCUT2D eigenvalue weighted by Crippen LogP contribution is 2.34. The molecule has 6 heteroatoms. The van der Waals surface area contributed by atoms with Gasteiger partial charge in [0, 0.05) is 12.1 Å². The van der Waals surface area contributed by atoms with Crippen molar-refractivity contribution in [3.05, 3.63) is 53.5 Å². The predicted octanol–water partition coefficient (Wildman–Crippen LogP) is 3.77. The summed E-state index contributed by atoms with van der Waals surface area (Å²) >= 11 is 0. The van der Waals surface area contributed by atoms with Crippen molar-refractivity contribution in [2.75, 3.05) is 0 Å². The van der Waals surface area contributed by atoms with Crippen molar-refractivity contribution in [2.45, 2.75) is 80.3 Å². The van der Waals surface area contributed by atoms with Crippen molar-refractivity contribution < 1.29 is 0 Å². The molecule has 0 aliphatic heterocycles. The molecule has 2 aromatic heterocycles. The lowest BCUT2D eigenvalue weighted by Crippen LogP contribution is -2.44. The first-order chi connectivity index (χ1) is 14.3. The molecule has 1 atom stereocenters. The molecule has 2 heterocycles. The Morgan fingerprint density at radius 1 is 0.742 bits per heavy atom. The van der Waals surface area contributed by atoms with Crippen LogP contribution in [0.5, 0.6) is 0 Å². The van der Waals surface area contributed by atoms with Gasteiger partial charge in [-0.25, -0.2) is 0 Å². The molecular formula is C25H34N2O4. The molecule has 0 spiro atoms. The fourth-order valence-electron chi connectivity index (χ4n) is 4.25. The average molecular weight is 427 g/mol. The minimum atomic E-state index is -0.681. The summed E-state index contributed by atoms with van der Waals surface area (Å²) in [5.41, 5.74) is -2.23. The molecule has 6 nitrogen and oxygen atoms in total. The van der Waals surface area contributed by atoms with Crippen LogP contribution in [-0.4, -0.2) is 9.13 Å². The predicted molar refractivity (Wildman–Crippen MR) is 127 cm³/mol. The van der Waals surface area contributed by atoms with Gasteiger partial charge >= 0.3 is 0 Å². The Morgan fingerprint density at radius 2 is 1.16 bits per heavy atom. The van der Waals surface area contributed by atoms with Crippen LogP contribution in [0.3, 0.4) is 0 Å². The van der Waals surface area contributed by atoms with E-state index in [1.807, 2.05) is 27.7 Å². The van der Waals surface area contributed by atoms with Crippen molar-refractivity contribution >= 4 is 21.5 Å². The molecule has 168 valence electrons. The van der Waals surface area contributed by atoms with E-state index in [-0.39, 0.29) is 44.0 Å². The van der Waals surface area contributed by atoms with Crippen molar-refractivity contribution in [2.24, 2.45) is 17.3 Å². The molecule has 0 bridgehead atoms. The molecule has 3 aromatic rings. The van der Waals surface area contributed by atoms with Gasteiger partial charge in [-0.2, -0.15) is 0 Å². The van der Waals surface area contributed by atoms with Crippen LogP contribution in [0.2, 0.25) is 0 Å². The molecule has 31 heavy (non-hydrogen) atoms. The van der Waals surface area contributed by atoms with Gasteiger partial charge in [0.15, 0.2) is 0 Å². The van der Waals surface area contributed by atoms with Crippen LogP contribution in [0, 0.1) is 17.3 Å². The maximum absolute atomic E-state index is 13.1. The second-order valence-corrected chi connectivity index (χ2v) is 10.4. The molecule has 0 fully saturated rings. The Labute approximate surface area is 182 Å². The van der Waals surface area contributed by atoms with E-state index >= 15 is 0 Å². The Kier molecular flexibility index (Phi) is 5.66. The van der Waals surface area contributed by atoms with Gasteiger partial charge in [0.1, 0.15) is 0 Å². The largest absolute Gasteiger partial charge is 0.274 e. The van der Waals surface area contributed by atoms with Gasteiger partial charge in [0.05, 0.1) is 21.5 Å². The monoisotopic (exact) mass is 426 g/mol. The Morgan fingerprint density at radius 3 is 1.52 bits per heavy atom. The maximum Gasteiger partial charge on any atom is 0.262 e. The van der Waals surface area contributed by atoms with Crippen molar-refractivity contribution in [1.82, 2.24) is 9.13 Å². The van der Waals surface area contributed by atoms with Crippen molar-refractivity contribution in [3.63, 3.8) is 0 Å². The van der Waals surface area contributed by atoms with Gasteiger partial charge in [-0.1, -0.05) is 48.0 Å². The minimum Gasteiger partial charge on any atom is -0.274 e. The maximum atomic E-state index is 13.1. The standard InChI is InChI=1S/C25H34N2O4/c1-9-25(8,15(4)5)10-11-26-20(28)16-12-18-19(13-17(16)21(26)29)23(31)27(22(18)30)24(6,7)14(2)3/h12-15H,9-11H2,1-8H3. The van der Waals surface area contributed by atoms with Crippen LogP contribution < -0.4 is 22.2 Å². The third kappa shape index (κ3) is 3.40. The number of fused-ring (bicyclic) bond motifs is 2. The summed E-state index contributed by atoms with van der Waals surface area (Å²) in [5.74, 6) is 0.469. The average Bonchev–Trinajstić information content (AvgIpc) is 3.09. The molecule has 0 aliphatic carbocycles. The zero-order valence-corrected chi connectivity index (χ0v) is 20.0. The summed E-state index contributed by atoms with van der Waals surface area (Å²) in [5, 5.41) is 0.857. The minimum absolute atomic E-state index is 0.0198. The van der Waals surface area contributed by atoms with Gasteiger partial charge in [0.25, 0.3) is 22.2 Å². The SMILES string of the molecule is CCC(C)(CCn1c(=O)c2cc3c(=O)n(C(C)(C)C(C)C)c(=O)c3cc2c1=O)C(C)C. The molecule has 0 N–H and O–H groups in total. The molecule has 0 saturated heterocycles. The van der Waals surface area contributed by atoms with Crippen LogP contribution in [0.25, 0.3) is 21.5 Å². The quantitative estimate of drug-likeness (QED) is 0.576. The highest BCUT2D eigenvalue weighted by Gasteiger charge is 2.31. The molecule has 1 aromatic carbocycles. The molecule has 0 amide bonds. The summed E-state index contributed by atoms with van der Waals surface area (Å²) in [7, 11) is 0. The highest BCUT2D eigenvalue weighted by molar-refractivity contribution is 5.97. The van der Waals surface area contributed by atoms with E-state index in [1.54, 1.807) is 0 Å². The zero-order valence-electron chi connectivity index (χ0n) is 20.0. The topological polar surface area (TPSA) is 78.1 Å². The van der Waals surface area contributed by atoms with Crippen LogP contribution in [0.4, 0.5) is 0 Å². The first kappa shape index (κ1) is 23.2. The van der Waals surface area contributed by atoms with Gasteiger partial charge in [-0.15, -0.1) is 0 Å². The Hall–Kier alpha value is -2.50. The van der Waals surface area contributed by atoms with E-state index in [1.165, 1.54) is 21.3 Å². The molecular weight excluding hydrogens is 392 g/mol. The zero-order chi connectivity index (χ0) is 23.5. The summed E-state index contributed by atoms with van der Waals surface area (Å²) in [6.45, 7) is 16.5. The van der Waals surface area contributed by atoms with E-state index in [2.05, 4.69) is 27.7 Å². The third-order valence-electron chi connectivity index (χ3n) is 8.07. The number of hydrogen-bond donors (Lipinski definition) is 0. The number of benzene rings is 1. The van der Waals surface area contributed by atoms with E-state index < -0.39 is 16.7 Å². The van der Waals surface area contributed by atoms with Crippen LogP contribution >= 0.6 is 0 Å². The lowest BCUT2D eigenvalue weighted by atomic mass is 9.74. The van der Waals surface area contributed by atoms with Gasteiger partial charge in [-0.05, 0) is 49.7 Å². The molecule has 0 radical (unpaired) electrons. The summed E-state index contributed by atoms with van der Waals surface area (Å²) in [4.78, 5) is 52.3. The number of hydrogen-bond acceptors (Lipinski definition) is 4. The Bertz CT molecular complexity index is 1270. The third-order valence-corrected chi connectivity index (χ3v) is 8.07. The van der Waals surface area contributed by atoms with Gasteiger partial charge < -0.3 is 0 Å². The fraction of sp³-hybridized carbons (Fsp3) is 0.600. The number of nitrogens with zero attached hydrogens (tertiary/aromatic N) is 2. The molecule has 0 aliphatic rings. The normalized spacial score (nSPS) is 14.9.